The van der Waals surface area contributed by atoms with E-state index in [0.29, 0.717) is 18.2 Å². The summed E-state index contributed by atoms with van der Waals surface area (Å²) in [5.74, 6) is 0. The summed E-state index contributed by atoms with van der Waals surface area (Å²) in [5, 5.41) is 9.25. The molecule has 0 aromatic heterocycles. The fourth-order valence-electron chi connectivity index (χ4n) is 2.28. The molecule has 0 heterocycles. The van der Waals surface area contributed by atoms with Crippen LogP contribution in [0.25, 0.3) is 0 Å². The lowest BCUT2D eigenvalue weighted by Crippen LogP contribution is -2.41. The number of nitrogens with one attached hydrogen (secondary N) is 1. The molecule has 0 spiro atoms. The summed E-state index contributed by atoms with van der Waals surface area (Å²) < 4.78 is 27.3. The van der Waals surface area contributed by atoms with Gasteiger partial charge in [0.25, 0.3) is 0 Å². The quantitative estimate of drug-likeness (QED) is 0.795. The maximum absolute atomic E-state index is 12.3. The average molecular weight is 312 g/mol. The number of rotatable bonds is 7. The molecule has 1 atom stereocenters. The number of aliphatic hydroxyl groups is 1. The van der Waals surface area contributed by atoms with Gasteiger partial charge in [0.1, 0.15) is 0 Å². The number of aliphatic hydroxyl groups excluding tert-OH is 1. The second kappa shape index (κ2) is 6.44. The molecule has 1 saturated carbocycles. The fraction of sp³-hybridized carbons (Fsp3) is 0.600. The second-order valence-corrected chi connectivity index (χ2v) is 7.61. The normalized spacial score (nSPS) is 17.2. The van der Waals surface area contributed by atoms with E-state index in [0.717, 1.165) is 5.56 Å². The zero-order valence-corrected chi connectivity index (χ0v) is 13.7. The summed E-state index contributed by atoms with van der Waals surface area (Å²) in [6.07, 6.45) is 2.40. The van der Waals surface area contributed by atoms with Gasteiger partial charge >= 0.3 is 0 Å². The van der Waals surface area contributed by atoms with Crippen LogP contribution in [0.5, 0.6) is 0 Å². The first-order chi connectivity index (χ1) is 9.85. The van der Waals surface area contributed by atoms with E-state index in [1.54, 1.807) is 12.1 Å². The number of benzene rings is 1. The van der Waals surface area contributed by atoms with E-state index < -0.39 is 10.0 Å². The van der Waals surface area contributed by atoms with Crippen molar-refractivity contribution in [1.29, 1.82) is 0 Å². The highest BCUT2D eigenvalue weighted by Gasteiger charge is 2.29. The van der Waals surface area contributed by atoms with Gasteiger partial charge in [-0.1, -0.05) is 6.07 Å². The Labute approximate surface area is 127 Å². The van der Waals surface area contributed by atoms with E-state index in [9.17, 15) is 13.5 Å². The van der Waals surface area contributed by atoms with E-state index in [1.165, 1.54) is 18.9 Å². The molecule has 0 saturated heterocycles. The van der Waals surface area contributed by atoms with Gasteiger partial charge in [-0.15, -0.1) is 0 Å². The van der Waals surface area contributed by atoms with Gasteiger partial charge in [-0.3, -0.25) is 4.90 Å². The minimum Gasteiger partial charge on any atom is -0.392 e. The number of hydrogen-bond acceptors (Lipinski definition) is 4. The van der Waals surface area contributed by atoms with Gasteiger partial charge in [-0.2, -0.15) is 0 Å². The van der Waals surface area contributed by atoms with Crippen molar-refractivity contribution < 1.29 is 13.5 Å². The average Bonchev–Trinajstić information content (AvgIpc) is 3.29. The Balaban J connectivity index is 2.04. The molecule has 1 aliphatic rings. The third kappa shape index (κ3) is 4.03. The summed E-state index contributed by atoms with van der Waals surface area (Å²) in [5.41, 5.74) is 1.53. The molecule has 1 aliphatic carbocycles. The topological polar surface area (TPSA) is 69.6 Å². The number of aryl methyl sites for hydroxylation is 1. The molecular formula is C15H24N2O3S. The third-order valence-corrected chi connectivity index (χ3v) is 5.61. The zero-order chi connectivity index (χ0) is 15.6. The standard InChI is InChI=1S/C15H24N2O3S/c1-11-4-7-15(8-13(11)10-18)21(19,20)16-9-12(2)17(3)14-5-6-14/h4,7-8,12,14,16,18H,5-6,9-10H2,1-3H3. The van der Waals surface area contributed by atoms with Crippen LogP contribution in [-0.2, 0) is 16.6 Å². The summed E-state index contributed by atoms with van der Waals surface area (Å²) in [6.45, 7) is 4.10. The lowest BCUT2D eigenvalue weighted by atomic mass is 10.1. The van der Waals surface area contributed by atoms with Crippen LogP contribution >= 0.6 is 0 Å². The molecule has 118 valence electrons. The molecule has 1 aromatic carbocycles. The molecule has 21 heavy (non-hydrogen) atoms. The predicted octanol–water partition coefficient (Wildman–Crippen LogP) is 1.25. The molecule has 0 aliphatic heterocycles. The molecule has 5 nitrogen and oxygen atoms in total. The Morgan fingerprint density at radius 1 is 1.43 bits per heavy atom. The Morgan fingerprint density at radius 2 is 2.10 bits per heavy atom. The van der Waals surface area contributed by atoms with Crippen molar-refractivity contribution >= 4 is 10.0 Å². The van der Waals surface area contributed by atoms with Crippen LogP contribution in [-0.4, -0.2) is 44.1 Å². The van der Waals surface area contributed by atoms with E-state index in [2.05, 4.69) is 9.62 Å². The first kappa shape index (κ1) is 16.4. The van der Waals surface area contributed by atoms with Crippen LogP contribution in [0.1, 0.15) is 30.9 Å². The van der Waals surface area contributed by atoms with Crippen molar-refractivity contribution in [3.05, 3.63) is 29.3 Å². The Morgan fingerprint density at radius 3 is 2.67 bits per heavy atom. The molecule has 2 rings (SSSR count). The van der Waals surface area contributed by atoms with Crippen molar-refractivity contribution in [1.82, 2.24) is 9.62 Å². The maximum atomic E-state index is 12.3. The molecular weight excluding hydrogens is 288 g/mol. The summed E-state index contributed by atoms with van der Waals surface area (Å²) in [6, 6.07) is 5.60. The Hall–Kier alpha value is -0.950. The number of likely N-dealkylation sites (N-methyl/N-ethyl adjacent to an activating group) is 1. The predicted molar refractivity (Wildman–Crippen MR) is 82.5 cm³/mol. The monoisotopic (exact) mass is 312 g/mol. The number of hydrogen-bond donors (Lipinski definition) is 2. The number of nitrogens with zero attached hydrogens (tertiary/aromatic N) is 1. The van der Waals surface area contributed by atoms with Gasteiger partial charge in [0.05, 0.1) is 11.5 Å². The van der Waals surface area contributed by atoms with Gasteiger partial charge in [-0.25, -0.2) is 13.1 Å². The molecule has 1 fully saturated rings. The van der Waals surface area contributed by atoms with Crippen LogP contribution < -0.4 is 4.72 Å². The number of sulfonamides is 1. The SMILES string of the molecule is Cc1ccc(S(=O)(=O)NCC(C)N(C)C2CC2)cc1CO. The van der Waals surface area contributed by atoms with Gasteiger partial charge < -0.3 is 5.11 Å². The second-order valence-electron chi connectivity index (χ2n) is 5.84. The molecule has 1 unspecified atom stereocenters. The molecule has 1 aromatic rings. The lowest BCUT2D eigenvalue weighted by Gasteiger charge is -2.24. The van der Waals surface area contributed by atoms with Crippen molar-refractivity contribution in [2.75, 3.05) is 13.6 Å². The van der Waals surface area contributed by atoms with Gasteiger partial charge in [0.15, 0.2) is 0 Å². The highest BCUT2D eigenvalue weighted by atomic mass is 32.2. The van der Waals surface area contributed by atoms with Crippen molar-refractivity contribution in [2.24, 2.45) is 0 Å². The van der Waals surface area contributed by atoms with Crippen LogP contribution in [0.4, 0.5) is 0 Å². The molecule has 0 radical (unpaired) electrons. The largest absolute Gasteiger partial charge is 0.392 e. The van der Waals surface area contributed by atoms with Crippen LogP contribution in [0, 0.1) is 6.92 Å². The van der Waals surface area contributed by atoms with Crippen LogP contribution in [0.3, 0.4) is 0 Å². The highest BCUT2D eigenvalue weighted by molar-refractivity contribution is 7.89. The van der Waals surface area contributed by atoms with Crippen molar-refractivity contribution in [3.8, 4) is 0 Å². The van der Waals surface area contributed by atoms with Crippen LogP contribution in [0.2, 0.25) is 0 Å². The molecule has 0 bridgehead atoms. The van der Waals surface area contributed by atoms with Crippen LogP contribution in [0.15, 0.2) is 23.1 Å². The van der Waals surface area contributed by atoms with E-state index >= 15 is 0 Å². The maximum Gasteiger partial charge on any atom is 0.240 e. The van der Waals surface area contributed by atoms with E-state index in [4.69, 9.17) is 0 Å². The third-order valence-electron chi connectivity index (χ3n) is 4.19. The molecule has 2 N–H and O–H groups in total. The van der Waals surface area contributed by atoms with Gasteiger partial charge in [-0.05, 0) is 57.0 Å². The zero-order valence-electron chi connectivity index (χ0n) is 12.8. The summed E-state index contributed by atoms with van der Waals surface area (Å²) >= 11 is 0. The lowest BCUT2D eigenvalue weighted by molar-refractivity contribution is 0.248. The summed E-state index contributed by atoms with van der Waals surface area (Å²) in [4.78, 5) is 2.43. The highest BCUT2D eigenvalue weighted by Crippen LogP contribution is 2.26. The first-order valence-electron chi connectivity index (χ1n) is 7.27. The van der Waals surface area contributed by atoms with Gasteiger partial charge in [0, 0.05) is 18.6 Å². The van der Waals surface area contributed by atoms with E-state index in [1.807, 2.05) is 20.9 Å². The molecule has 0 amide bonds. The summed E-state index contributed by atoms with van der Waals surface area (Å²) in [7, 11) is -1.50. The van der Waals surface area contributed by atoms with Crippen molar-refractivity contribution in [3.63, 3.8) is 0 Å². The van der Waals surface area contributed by atoms with Gasteiger partial charge in [0.2, 0.25) is 10.0 Å². The minimum atomic E-state index is -3.53. The Bertz CT molecular complexity index is 597. The van der Waals surface area contributed by atoms with E-state index in [-0.39, 0.29) is 17.5 Å². The van der Waals surface area contributed by atoms with Crippen molar-refractivity contribution in [2.45, 2.75) is 50.3 Å². The first-order valence-corrected chi connectivity index (χ1v) is 8.75. The smallest absolute Gasteiger partial charge is 0.240 e. The molecule has 6 heteroatoms. The Kier molecular flexibility index (Phi) is 5.03. The fourth-order valence-corrected chi connectivity index (χ4v) is 3.46. The minimum absolute atomic E-state index is 0.157.